The standard InChI is InChI=1S/C15H25N3/c1-11(2)18-7-6-13(10-18)9-17-14-5-4-12(3)15(16)8-14/h4-5,8,11,13,17H,6-7,9-10,16H2,1-3H3. The summed E-state index contributed by atoms with van der Waals surface area (Å²) in [6.07, 6.45) is 1.30. The second kappa shape index (κ2) is 5.61. The fourth-order valence-corrected chi connectivity index (χ4v) is 2.51. The third kappa shape index (κ3) is 3.16. The summed E-state index contributed by atoms with van der Waals surface area (Å²) in [5.74, 6) is 0.759. The van der Waals surface area contributed by atoms with E-state index in [1.807, 2.05) is 13.0 Å². The summed E-state index contributed by atoms with van der Waals surface area (Å²) >= 11 is 0. The number of nitrogen functional groups attached to an aromatic ring is 1. The Morgan fingerprint density at radius 3 is 2.83 bits per heavy atom. The number of aryl methyl sites for hydroxylation is 1. The van der Waals surface area contributed by atoms with E-state index in [9.17, 15) is 0 Å². The van der Waals surface area contributed by atoms with Gasteiger partial charge in [0.1, 0.15) is 0 Å². The SMILES string of the molecule is Cc1ccc(NCC2CCN(C(C)C)C2)cc1N. The van der Waals surface area contributed by atoms with Crippen molar-refractivity contribution in [2.45, 2.75) is 33.2 Å². The highest BCUT2D eigenvalue weighted by atomic mass is 15.2. The zero-order valence-electron chi connectivity index (χ0n) is 11.7. The van der Waals surface area contributed by atoms with Gasteiger partial charge in [0.05, 0.1) is 0 Å². The molecule has 1 atom stereocenters. The van der Waals surface area contributed by atoms with E-state index in [0.29, 0.717) is 6.04 Å². The summed E-state index contributed by atoms with van der Waals surface area (Å²) in [6, 6.07) is 6.89. The number of likely N-dealkylation sites (tertiary alicyclic amines) is 1. The van der Waals surface area contributed by atoms with E-state index in [2.05, 4.69) is 36.2 Å². The number of benzene rings is 1. The quantitative estimate of drug-likeness (QED) is 0.804. The molecular formula is C15H25N3. The van der Waals surface area contributed by atoms with Crippen molar-refractivity contribution in [3.05, 3.63) is 23.8 Å². The van der Waals surface area contributed by atoms with Gasteiger partial charge in [-0.25, -0.2) is 0 Å². The molecule has 1 aliphatic rings. The number of anilines is 2. The summed E-state index contributed by atoms with van der Waals surface area (Å²) in [5, 5.41) is 3.51. The van der Waals surface area contributed by atoms with Crippen LogP contribution in [0, 0.1) is 12.8 Å². The van der Waals surface area contributed by atoms with Crippen LogP contribution >= 0.6 is 0 Å². The molecule has 0 aromatic heterocycles. The highest BCUT2D eigenvalue weighted by Crippen LogP contribution is 2.21. The first-order valence-corrected chi connectivity index (χ1v) is 6.90. The molecule has 0 spiro atoms. The summed E-state index contributed by atoms with van der Waals surface area (Å²) in [6.45, 7) is 10.1. The van der Waals surface area contributed by atoms with Gasteiger partial charge < -0.3 is 16.0 Å². The van der Waals surface area contributed by atoms with Crippen LogP contribution < -0.4 is 11.1 Å². The lowest BCUT2D eigenvalue weighted by Gasteiger charge is -2.20. The van der Waals surface area contributed by atoms with Gasteiger partial charge in [0, 0.05) is 30.5 Å². The molecule has 0 saturated carbocycles. The van der Waals surface area contributed by atoms with Crippen molar-refractivity contribution in [1.82, 2.24) is 4.90 Å². The number of hydrogen-bond acceptors (Lipinski definition) is 3. The maximum absolute atomic E-state index is 5.92. The Morgan fingerprint density at radius 1 is 1.44 bits per heavy atom. The number of nitrogens with zero attached hydrogens (tertiary/aromatic N) is 1. The van der Waals surface area contributed by atoms with Crippen LogP contribution in [0.2, 0.25) is 0 Å². The molecule has 1 unspecified atom stereocenters. The fraction of sp³-hybridized carbons (Fsp3) is 0.600. The molecule has 3 N–H and O–H groups in total. The summed E-state index contributed by atoms with van der Waals surface area (Å²) in [5.41, 5.74) is 9.07. The van der Waals surface area contributed by atoms with Crippen molar-refractivity contribution in [3.63, 3.8) is 0 Å². The first-order valence-electron chi connectivity index (χ1n) is 6.90. The average molecular weight is 247 g/mol. The summed E-state index contributed by atoms with van der Waals surface area (Å²) < 4.78 is 0. The third-order valence-corrected chi connectivity index (χ3v) is 3.92. The zero-order chi connectivity index (χ0) is 13.1. The Bertz CT molecular complexity index is 401. The van der Waals surface area contributed by atoms with E-state index in [-0.39, 0.29) is 0 Å². The molecule has 1 aromatic rings. The largest absolute Gasteiger partial charge is 0.398 e. The maximum atomic E-state index is 5.92. The minimum Gasteiger partial charge on any atom is -0.398 e. The van der Waals surface area contributed by atoms with Crippen molar-refractivity contribution in [3.8, 4) is 0 Å². The summed E-state index contributed by atoms with van der Waals surface area (Å²) in [7, 11) is 0. The van der Waals surface area contributed by atoms with Gasteiger partial charge in [0.15, 0.2) is 0 Å². The van der Waals surface area contributed by atoms with E-state index >= 15 is 0 Å². The highest BCUT2D eigenvalue weighted by molar-refractivity contribution is 5.58. The van der Waals surface area contributed by atoms with Gasteiger partial charge in [-0.15, -0.1) is 0 Å². The fourth-order valence-electron chi connectivity index (χ4n) is 2.51. The average Bonchev–Trinajstić information content (AvgIpc) is 2.79. The first-order chi connectivity index (χ1) is 8.56. The number of rotatable bonds is 4. The molecule has 1 saturated heterocycles. The second-order valence-electron chi connectivity index (χ2n) is 5.70. The van der Waals surface area contributed by atoms with E-state index in [4.69, 9.17) is 5.73 Å². The maximum Gasteiger partial charge on any atom is 0.0364 e. The third-order valence-electron chi connectivity index (χ3n) is 3.92. The van der Waals surface area contributed by atoms with Crippen LogP contribution in [-0.4, -0.2) is 30.6 Å². The van der Waals surface area contributed by atoms with Crippen molar-refractivity contribution in [2.24, 2.45) is 5.92 Å². The monoisotopic (exact) mass is 247 g/mol. The molecule has 3 heteroatoms. The van der Waals surface area contributed by atoms with Crippen LogP contribution in [0.5, 0.6) is 0 Å². The van der Waals surface area contributed by atoms with E-state index in [1.165, 1.54) is 19.5 Å². The molecule has 3 nitrogen and oxygen atoms in total. The first kappa shape index (κ1) is 13.2. The highest BCUT2D eigenvalue weighted by Gasteiger charge is 2.23. The molecule has 0 radical (unpaired) electrons. The Hall–Kier alpha value is -1.22. The lowest BCUT2D eigenvalue weighted by atomic mass is 10.1. The topological polar surface area (TPSA) is 41.3 Å². The van der Waals surface area contributed by atoms with Crippen molar-refractivity contribution in [1.29, 1.82) is 0 Å². The molecule has 100 valence electrons. The van der Waals surface area contributed by atoms with Crippen LogP contribution in [0.25, 0.3) is 0 Å². The number of hydrogen-bond donors (Lipinski definition) is 2. The Morgan fingerprint density at radius 2 is 2.22 bits per heavy atom. The molecule has 0 aliphatic carbocycles. The smallest absolute Gasteiger partial charge is 0.0364 e. The van der Waals surface area contributed by atoms with Crippen molar-refractivity contribution >= 4 is 11.4 Å². The van der Waals surface area contributed by atoms with Crippen LogP contribution in [0.15, 0.2) is 18.2 Å². The van der Waals surface area contributed by atoms with Crippen LogP contribution in [0.3, 0.4) is 0 Å². The predicted molar refractivity (Wildman–Crippen MR) is 78.9 cm³/mol. The van der Waals surface area contributed by atoms with Gasteiger partial charge in [-0.05, 0) is 57.4 Å². The van der Waals surface area contributed by atoms with E-state index in [1.54, 1.807) is 0 Å². The molecule has 1 aromatic carbocycles. The van der Waals surface area contributed by atoms with Crippen LogP contribution in [0.1, 0.15) is 25.8 Å². The number of nitrogens with two attached hydrogens (primary N) is 1. The molecule has 0 amide bonds. The Labute approximate surface area is 110 Å². The minimum absolute atomic E-state index is 0.671. The van der Waals surface area contributed by atoms with Crippen LogP contribution in [0.4, 0.5) is 11.4 Å². The summed E-state index contributed by atoms with van der Waals surface area (Å²) in [4.78, 5) is 2.55. The second-order valence-corrected chi connectivity index (χ2v) is 5.70. The lowest BCUT2D eigenvalue weighted by Crippen LogP contribution is -2.29. The molecule has 0 bridgehead atoms. The zero-order valence-corrected chi connectivity index (χ0v) is 11.7. The van der Waals surface area contributed by atoms with Gasteiger partial charge >= 0.3 is 0 Å². The molecular weight excluding hydrogens is 222 g/mol. The van der Waals surface area contributed by atoms with Crippen molar-refractivity contribution in [2.75, 3.05) is 30.7 Å². The molecule has 1 fully saturated rings. The molecule has 18 heavy (non-hydrogen) atoms. The van der Waals surface area contributed by atoms with Gasteiger partial charge in [-0.2, -0.15) is 0 Å². The Kier molecular flexibility index (Phi) is 4.12. The number of nitrogens with one attached hydrogen (secondary N) is 1. The molecule has 1 heterocycles. The predicted octanol–water partition coefficient (Wildman–Crippen LogP) is 2.72. The van der Waals surface area contributed by atoms with Crippen molar-refractivity contribution < 1.29 is 0 Å². The van der Waals surface area contributed by atoms with Crippen LogP contribution in [-0.2, 0) is 0 Å². The lowest BCUT2D eigenvalue weighted by molar-refractivity contribution is 0.266. The minimum atomic E-state index is 0.671. The van der Waals surface area contributed by atoms with Gasteiger partial charge in [0.25, 0.3) is 0 Å². The van der Waals surface area contributed by atoms with Gasteiger partial charge in [0.2, 0.25) is 0 Å². The Balaban J connectivity index is 1.83. The van der Waals surface area contributed by atoms with E-state index < -0.39 is 0 Å². The van der Waals surface area contributed by atoms with E-state index in [0.717, 1.165) is 29.4 Å². The normalized spacial score (nSPS) is 20.6. The van der Waals surface area contributed by atoms with Gasteiger partial charge in [-0.1, -0.05) is 6.07 Å². The van der Waals surface area contributed by atoms with Gasteiger partial charge in [-0.3, -0.25) is 0 Å². The molecule has 1 aliphatic heterocycles. The molecule has 2 rings (SSSR count).